The Labute approximate surface area is 92.0 Å². The van der Waals surface area contributed by atoms with E-state index in [1.54, 1.807) is 0 Å². The molecule has 1 rings (SSSR count). The molecule has 0 radical (unpaired) electrons. The van der Waals surface area contributed by atoms with Crippen molar-refractivity contribution in [3.8, 4) is 0 Å². The topological polar surface area (TPSA) is 26.3 Å². The fraction of sp³-hybridized carbons (Fsp3) is 0.615. The van der Waals surface area contributed by atoms with Crippen LogP contribution in [-0.2, 0) is 9.53 Å². The molecular formula is C13H20O2. The first kappa shape index (κ1) is 12.0. The number of ether oxygens (including phenoxy) is 1. The number of carbonyl (C=O) groups is 1. The third-order valence-corrected chi connectivity index (χ3v) is 2.12. The lowest BCUT2D eigenvalue weighted by Gasteiger charge is -2.20. The van der Waals surface area contributed by atoms with Gasteiger partial charge < -0.3 is 4.74 Å². The summed E-state index contributed by atoms with van der Waals surface area (Å²) in [6.45, 7) is 5.66. The van der Waals surface area contributed by atoms with Crippen LogP contribution >= 0.6 is 0 Å². The molecule has 0 aromatic heterocycles. The Morgan fingerprint density at radius 2 is 1.93 bits per heavy atom. The predicted molar refractivity (Wildman–Crippen MR) is 61.5 cm³/mol. The van der Waals surface area contributed by atoms with Crippen LogP contribution in [0.3, 0.4) is 0 Å². The number of allylic oxidation sites excluding steroid dienone is 2. The maximum atomic E-state index is 11.7. The molecule has 0 atom stereocenters. The number of rotatable bonds is 1. The fourth-order valence-electron chi connectivity index (χ4n) is 1.43. The lowest BCUT2D eigenvalue weighted by atomic mass is 10.1. The van der Waals surface area contributed by atoms with Gasteiger partial charge in [-0.3, -0.25) is 0 Å². The van der Waals surface area contributed by atoms with Crippen molar-refractivity contribution >= 4 is 5.97 Å². The van der Waals surface area contributed by atoms with Crippen molar-refractivity contribution in [1.29, 1.82) is 0 Å². The number of hydrogen-bond donors (Lipinski definition) is 0. The van der Waals surface area contributed by atoms with Gasteiger partial charge in [-0.25, -0.2) is 4.79 Å². The van der Waals surface area contributed by atoms with Crippen LogP contribution < -0.4 is 0 Å². The summed E-state index contributed by atoms with van der Waals surface area (Å²) in [7, 11) is 0. The van der Waals surface area contributed by atoms with Gasteiger partial charge in [-0.1, -0.05) is 18.2 Å². The number of esters is 1. The van der Waals surface area contributed by atoms with E-state index in [2.05, 4.69) is 6.08 Å². The second kappa shape index (κ2) is 5.15. The highest BCUT2D eigenvalue weighted by Gasteiger charge is 2.18. The molecule has 1 aliphatic rings. The van der Waals surface area contributed by atoms with E-state index < -0.39 is 5.60 Å². The lowest BCUT2D eigenvalue weighted by molar-refractivity contribution is -0.149. The number of carbonyl (C=O) groups excluding carboxylic acids is 1. The largest absolute Gasteiger partial charge is 0.456 e. The van der Waals surface area contributed by atoms with Gasteiger partial charge >= 0.3 is 5.97 Å². The molecule has 0 spiro atoms. The van der Waals surface area contributed by atoms with Crippen LogP contribution in [0.4, 0.5) is 0 Å². The summed E-state index contributed by atoms with van der Waals surface area (Å²) < 4.78 is 5.32. The smallest absolute Gasteiger partial charge is 0.338 e. The Hall–Kier alpha value is -1.05. The molecule has 0 amide bonds. The maximum absolute atomic E-state index is 11.7. The van der Waals surface area contributed by atoms with E-state index in [-0.39, 0.29) is 5.97 Å². The van der Waals surface area contributed by atoms with Crippen LogP contribution in [0.25, 0.3) is 0 Å². The van der Waals surface area contributed by atoms with Crippen molar-refractivity contribution in [3.05, 3.63) is 23.8 Å². The molecule has 84 valence electrons. The molecule has 0 aliphatic heterocycles. The average molecular weight is 208 g/mol. The van der Waals surface area contributed by atoms with Crippen molar-refractivity contribution in [3.63, 3.8) is 0 Å². The van der Waals surface area contributed by atoms with E-state index in [1.165, 1.54) is 6.42 Å². The van der Waals surface area contributed by atoms with Crippen molar-refractivity contribution in [2.45, 2.75) is 52.1 Å². The zero-order valence-corrected chi connectivity index (χ0v) is 9.88. The monoisotopic (exact) mass is 208 g/mol. The van der Waals surface area contributed by atoms with Crippen molar-refractivity contribution in [1.82, 2.24) is 0 Å². The van der Waals surface area contributed by atoms with Gasteiger partial charge in [0.2, 0.25) is 0 Å². The fourth-order valence-corrected chi connectivity index (χ4v) is 1.43. The van der Waals surface area contributed by atoms with Crippen LogP contribution in [0, 0.1) is 0 Å². The quantitative estimate of drug-likeness (QED) is 0.617. The summed E-state index contributed by atoms with van der Waals surface area (Å²) in [5.41, 5.74) is 0.290. The molecule has 0 bridgehead atoms. The van der Waals surface area contributed by atoms with Gasteiger partial charge in [0.05, 0.1) is 5.57 Å². The van der Waals surface area contributed by atoms with Crippen LogP contribution in [0.1, 0.15) is 46.5 Å². The molecule has 0 N–H and O–H groups in total. The molecule has 0 aromatic rings. The van der Waals surface area contributed by atoms with E-state index in [4.69, 9.17) is 4.74 Å². The summed E-state index contributed by atoms with van der Waals surface area (Å²) >= 11 is 0. The molecule has 0 fully saturated rings. The van der Waals surface area contributed by atoms with Gasteiger partial charge in [0.1, 0.15) is 5.60 Å². The Balaban J connectivity index is 2.64. The SMILES string of the molecule is CC(C)(C)OC(=O)C1=C/CCCC/C=C\1. The van der Waals surface area contributed by atoms with E-state index in [0.717, 1.165) is 19.3 Å². The minimum atomic E-state index is -0.409. The zero-order chi connectivity index (χ0) is 11.3. The highest BCUT2D eigenvalue weighted by molar-refractivity contribution is 5.91. The second-order valence-electron chi connectivity index (χ2n) is 4.85. The van der Waals surface area contributed by atoms with Crippen LogP contribution in [0.15, 0.2) is 23.8 Å². The Bertz CT molecular complexity index is 279. The summed E-state index contributed by atoms with van der Waals surface area (Å²) in [5, 5.41) is 0. The van der Waals surface area contributed by atoms with Gasteiger partial charge in [0, 0.05) is 0 Å². The van der Waals surface area contributed by atoms with Crippen molar-refractivity contribution in [2.75, 3.05) is 0 Å². The molecule has 1 aliphatic carbocycles. The predicted octanol–water partition coefficient (Wildman–Crippen LogP) is 3.38. The minimum Gasteiger partial charge on any atom is -0.456 e. The Morgan fingerprint density at radius 3 is 2.60 bits per heavy atom. The van der Waals surface area contributed by atoms with Crippen LogP contribution in [0.5, 0.6) is 0 Å². The molecule has 0 saturated carbocycles. The molecule has 0 unspecified atom stereocenters. The zero-order valence-electron chi connectivity index (χ0n) is 9.88. The van der Waals surface area contributed by atoms with E-state index in [9.17, 15) is 4.79 Å². The molecule has 2 nitrogen and oxygen atoms in total. The van der Waals surface area contributed by atoms with Gasteiger partial charge in [0.15, 0.2) is 0 Å². The lowest BCUT2D eigenvalue weighted by Crippen LogP contribution is -2.24. The Morgan fingerprint density at radius 1 is 1.27 bits per heavy atom. The highest BCUT2D eigenvalue weighted by Crippen LogP contribution is 2.15. The van der Waals surface area contributed by atoms with Crippen LogP contribution in [0.2, 0.25) is 0 Å². The second-order valence-corrected chi connectivity index (χ2v) is 4.85. The Kier molecular flexibility index (Phi) is 4.13. The first-order chi connectivity index (χ1) is 6.99. The summed E-state index contributed by atoms with van der Waals surface area (Å²) in [6, 6.07) is 0. The standard InChI is InChI=1S/C13H20O2/c1-13(2,3)15-12(14)11-9-7-5-4-6-8-10-11/h7,9-10H,4-6,8H2,1-3H3/b9-7-,11-10+. The van der Waals surface area contributed by atoms with Gasteiger partial charge in [-0.15, -0.1) is 0 Å². The van der Waals surface area contributed by atoms with Gasteiger partial charge in [-0.05, 0) is 46.5 Å². The summed E-state index contributed by atoms with van der Waals surface area (Å²) in [4.78, 5) is 11.7. The third kappa shape index (κ3) is 4.82. The normalized spacial score (nSPS) is 23.3. The van der Waals surface area contributed by atoms with E-state index in [1.807, 2.05) is 32.9 Å². The summed E-state index contributed by atoms with van der Waals surface area (Å²) in [5.74, 6) is -0.208. The van der Waals surface area contributed by atoms with Gasteiger partial charge in [0.25, 0.3) is 0 Å². The highest BCUT2D eigenvalue weighted by atomic mass is 16.6. The first-order valence-electron chi connectivity index (χ1n) is 5.59. The maximum Gasteiger partial charge on any atom is 0.338 e. The molecule has 0 heterocycles. The summed E-state index contributed by atoms with van der Waals surface area (Å²) in [6.07, 6.45) is 10.3. The molecular weight excluding hydrogens is 188 g/mol. The van der Waals surface area contributed by atoms with Crippen molar-refractivity contribution in [2.24, 2.45) is 0 Å². The molecule has 2 heteroatoms. The average Bonchev–Trinajstić information content (AvgIpc) is 1.98. The minimum absolute atomic E-state index is 0.208. The third-order valence-electron chi connectivity index (χ3n) is 2.12. The van der Waals surface area contributed by atoms with Gasteiger partial charge in [-0.2, -0.15) is 0 Å². The molecule has 0 aromatic carbocycles. The van der Waals surface area contributed by atoms with E-state index >= 15 is 0 Å². The molecule has 15 heavy (non-hydrogen) atoms. The van der Waals surface area contributed by atoms with Crippen LogP contribution in [-0.4, -0.2) is 11.6 Å². The van der Waals surface area contributed by atoms with E-state index in [0.29, 0.717) is 5.57 Å². The van der Waals surface area contributed by atoms with Crippen molar-refractivity contribution < 1.29 is 9.53 Å². The first-order valence-corrected chi connectivity index (χ1v) is 5.59. The number of hydrogen-bond acceptors (Lipinski definition) is 2. The molecule has 0 saturated heterocycles.